The fourth-order valence-corrected chi connectivity index (χ4v) is 5.17. The van der Waals surface area contributed by atoms with Gasteiger partial charge in [0.15, 0.2) is 5.76 Å². The molecule has 1 aromatic carbocycles. The van der Waals surface area contributed by atoms with Crippen LogP contribution in [0.1, 0.15) is 43.8 Å². The molecule has 3 heterocycles. The number of amides is 2. The van der Waals surface area contributed by atoms with Gasteiger partial charge < -0.3 is 15.1 Å². The van der Waals surface area contributed by atoms with Gasteiger partial charge in [-0.3, -0.25) is 9.59 Å². The van der Waals surface area contributed by atoms with Crippen molar-refractivity contribution < 1.29 is 18.4 Å². The Morgan fingerprint density at radius 3 is 2.86 bits per heavy atom. The number of hydrogen-bond donors (Lipinski definition) is 2. The largest absolute Gasteiger partial charge is 0.459 e. The zero-order chi connectivity index (χ0) is 19.7. The molecule has 28 heavy (non-hydrogen) atoms. The van der Waals surface area contributed by atoms with E-state index < -0.39 is 0 Å². The molecule has 144 valence electrons. The van der Waals surface area contributed by atoms with Gasteiger partial charge in [-0.2, -0.15) is 0 Å². The first-order chi connectivity index (χ1) is 13.5. The number of carbonyl (C=O) groups is 2. The number of halogens is 1. The molecule has 2 N–H and O–H groups in total. The van der Waals surface area contributed by atoms with Crippen LogP contribution in [-0.4, -0.2) is 17.6 Å². The molecule has 1 aliphatic heterocycles. The summed E-state index contributed by atoms with van der Waals surface area (Å²) in [6.45, 7) is 1.82. The molecule has 1 aliphatic rings. The van der Waals surface area contributed by atoms with Crippen LogP contribution in [0.25, 0.3) is 0 Å². The van der Waals surface area contributed by atoms with Crippen molar-refractivity contribution in [3.8, 4) is 0 Å². The summed E-state index contributed by atoms with van der Waals surface area (Å²) in [6, 6.07) is 9.41. The van der Waals surface area contributed by atoms with E-state index in [9.17, 15) is 14.0 Å². The van der Waals surface area contributed by atoms with Gasteiger partial charge in [0, 0.05) is 10.6 Å². The van der Waals surface area contributed by atoms with Gasteiger partial charge >= 0.3 is 0 Å². The van der Waals surface area contributed by atoms with E-state index in [0.29, 0.717) is 9.88 Å². The number of aryl methyl sites for hydroxylation is 1. The first-order valence-electron chi connectivity index (χ1n) is 8.69. The fraction of sp³-hybridized carbons (Fsp3) is 0.200. The third-order valence-corrected chi connectivity index (χ3v) is 6.70. The van der Waals surface area contributed by atoms with Crippen LogP contribution in [-0.2, 0) is 0 Å². The molecule has 4 rings (SSSR count). The lowest BCUT2D eigenvalue weighted by Gasteiger charge is -2.25. The summed E-state index contributed by atoms with van der Waals surface area (Å²) in [5.74, 6) is 0.156. The van der Waals surface area contributed by atoms with Gasteiger partial charge in [0.1, 0.15) is 5.82 Å². The second-order valence-corrected chi connectivity index (χ2v) is 8.59. The van der Waals surface area contributed by atoms with Crippen molar-refractivity contribution in [1.82, 2.24) is 5.32 Å². The van der Waals surface area contributed by atoms with Crippen molar-refractivity contribution >= 4 is 39.9 Å². The molecule has 3 aromatic rings. The van der Waals surface area contributed by atoms with E-state index in [1.54, 1.807) is 36.0 Å². The summed E-state index contributed by atoms with van der Waals surface area (Å²) in [5, 5.41) is 6.32. The normalized spacial score (nSPS) is 15.7. The maximum Gasteiger partial charge on any atom is 0.291 e. The van der Waals surface area contributed by atoms with Crippen molar-refractivity contribution in [2.75, 3.05) is 11.1 Å². The highest BCUT2D eigenvalue weighted by molar-refractivity contribution is 7.99. The van der Waals surface area contributed by atoms with Crippen LogP contribution in [0.15, 0.2) is 52.0 Å². The van der Waals surface area contributed by atoms with E-state index in [1.165, 1.54) is 29.7 Å². The molecule has 5 nitrogen and oxygen atoms in total. The average molecular weight is 416 g/mol. The van der Waals surface area contributed by atoms with Gasteiger partial charge in [0.2, 0.25) is 0 Å². The number of rotatable bonds is 4. The van der Waals surface area contributed by atoms with E-state index in [0.717, 1.165) is 28.2 Å². The minimum absolute atomic E-state index is 0.204. The molecule has 0 spiro atoms. The number of hydrogen-bond acceptors (Lipinski definition) is 5. The van der Waals surface area contributed by atoms with Crippen LogP contribution in [0.4, 0.5) is 9.39 Å². The highest BCUT2D eigenvalue weighted by atomic mass is 32.2. The topological polar surface area (TPSA) is 71.3 Å². The monoisotopic (exact) mass is 416 g/mol. The Morgan fingerprint density at radius 1 is 1.21 bits per heavy atom. The average Bonchev–Trinajstić information content (AvgIpc) is 3.32. The Labute approximate surface area is 169 Å². The first kappa shape index (κ1) is 18.8. The molecule has 2 amide bonds. The summed E-state index contributed by atoms with van der Waals surface area (Å²) in [4.78, 5) is 26.5. The first-order valence-corrected chi connectivity index (χ1v) is 10.5. The number of anilines is 1. The number of fused-ring (bicyclic) bond motifs is 1. The number of nitrogens with one attached hydrogen (secondary N) is 2. The molecule has 0 saturated carbocycles. The van der Waals surface area contributed by atoms with E-state index in [-0.39, 0.29) is 29.4 Å². The summed E-state index contributed by atoms with van der Waals surface area (Å²) in [6.07, 6.45) is 2.16. The van der Waals surface area contributed by atoms with Crippen LogP contribution >= 0.6 is 23.1 Å². The third-order valence-electron chi connectivity index (χ3n) is 4.42. The lowest BCUT2D eigenvalue weighted by Crippen LogP contribution is -2.30. The van der Waals surface area contributed by atoms with Crippen LogP contribution in [0.5, 0.6) is 0 Å². The quantitative estimate of drug-likeness (QED) is 0.627. The summed E-state index contributed by atoms with van der Waals surface area (Å²) >= 11 is 2.87. The van der Waals surface area contributed by atoms with Gasteiger partial charge in [0.05, 0.1) is 22.2 Å². The Kier molecular flexibility index (Phi) is 5.23. The summed E-state index contributed by atoms with van der Waals surface area (Å²) < 4.78 is 18.7. The van der Waals surface area contributed by atoms with E-state index >= 15 is 0 Å². The number of carbonyl (C=O) groups excluding carboxylic acids is 2. The minimum Gasteiger partial charge on any atom is -0.459 e. The van der Waals surface area contributed by atoms with Crippen LogP contribution in [0, 0.1) is 12.7 Å². The van der Waals surface area contributed by atoms with Gasteiger partial charge in [-0.1, -0.05) is 0 Å². The smallest absolute Gasteiger partial charge is 0.291 e. The predicted octanol–water partition coefficient (Wildman–Crippen LogP) is 5.01. The number of furan rings is 1. The van der Waals surface area contributed by atoms with Crippen molar-refractivity contribution in [3.63, 3.8) is 0 Å². The molecule has 0 bridgehead atoms. The zero-order valence-electron chi connectivity index (χ0n) is 15.0. The Morgan fingerprint density at radius 2 is 2.07 bits per heavy atom. The Balaban J connectivity index is 1.50. The number of benzene rings is 1. The maximum absolute atomic E-state index is 13.7. The maximum atomic E-state index is 13.7. The van der Waals surface area contributed by atoms with Gasteiger partial charge in [-0.15, -0.1) is 23.1 Å². The van der Waals surface area contributed by atoms with Crippen LogP contribution in [0.3, 0.4) is 0 Å². The highest BCUT2D eigenvalue weighted by Crippen LogP contribution is 2.37. The van der Waals surface area contributed by atoms with E-state index in [4.69, 9.17) is 4.42 Å². The molecule has 2 aromatic heterocycles. The predicted molar refractivity (Wildman–Crippen MR) is 108 cm³/mol. The zero-order valence-corrected chi connectivity index (χ0v) is 16.6. The number of thioether (sulfide) groups is 1. The second kappa shape index (κ2) is 7.81. The van der Waals surface area contributed by atoms with Crippen molar-refractivity contribution in [3.05, 3.63) is 70.2 Å². The molecule has 0 aliphatic carbocycles. The molecule has 0 saturated heterocycles. The molecule has 0 radical (unpaired) electrons. The number of thiophene rings is 1. The van der Waals surface area contributed by atoms with E-state index in [1.807, 2.05) is 6.92 Å². The van der Waals surface area contributed by atoms with E-state index in [2.05, 4.69) is 10.6 Å². The highest BCUT2D eigenvalue weighted by Gasteiger charge is 2.25. The van der Waals surface area contributed by atoms with Gasteiger partial charge in [-0.05, 0) is 60.9 Å². The molecule has 8 heteroatoms. The Hall–Kier alpha value is -2.58. The third kappa shape index (κ3) is 3.83. The molecule has 1 atom stereocenters. The standard InChI is InChI=1S/C20H17FN2O3S2/c1-11-9-17(23-19(24)15-3-2-7-26-15)28-18(11)20(25)22-14-6-8-27-16-5-4-12(21)10-13(14)16/h2-5,7,9-10,14H,6,8H2,1H3,(H,22,25)(H,23,24). The molecule has 0 fully saturated rings. The molecular weight excluding hydrogens is 399 g/mol. The van der Waals surface area contributed by atoms with Gasteiger partial charge in [0.25, 0.3) is 11.8 Å². The molecular formula is C20H17FN2O3S2. The van der Waals surface area contributed by atoms with Crippen molar-refractivity contribution in [1.29, 1.82) is 0 Å². The second-order valence-electron chi connectivity index (χ2n) is 6.40. The summed E-state index contributed by atoms with van der Waals surface area (Å²) in [5.41, 5.74) is 1.58. The fourth-order valence-electron chi connectivity index (χ4n) is 3.09. The molecule has 1 unspecified atom stereocenters. The lowest BCUT2D eigenvalue weighted by molar-refractivity contribution is 0.0937. The Bertz CT molecular complexity index is 1030. The minimum atomic E-state index is -0.369. The van der Waals surface area contributed by atoms with Crippen LogP contribution in [0.2, 0.25) is 0 Å². The SMILES string of the molecule is Cc1cc(NC(=O)c2ccco2)sc1C(=O)NC1CCSc2ccc(F)cc21. The van der Waals surface area contributed by atoms with Crippen molar-refractivity contribution in [2.24, 2.45) is 0 Å². The van der Waals surface area contributed by atoms with Gasteiger partial charge in [-0.25, -0.2) is 4.39 Å². The van der Waals surface area contributed by atoms with Crippen LogP contribution < -0.4 is 10.6 Å². The lowest BCUT2D eigenvalue weighted by atomic mass is 10.0. The van der Waals surface area contributed by atoms with Crippen molar-refractivity contribution in [2.45, 2.75) is 24.3 Å². The summed E-state index contributed by atoms with van der Waals surface area (Å²) in [7, 11) is 0.